The highest BCUT2D eigenvalue weighted by molar-refractivity contribution is 6.04. The first-order chi connectivity index (χ1) is 19.5. The molecule has 0 radical (unpaired) electrons. The molecular weight excluding hydrogens is 520 g/mol. The summed E-state index contributed by atoms with van der Waals surface area (Å²) in [4.78, 5) is 32.8. The average molecular weight is 537 g/mol. The van der Waals surface area contributed by atoms with E-state index in [2.05, 4.69) is 30.6 Å². The number of benzene rings is 2. The lowest BCUT2D eigenvalue weighted by Crippen LogP contribution is -2.29. The summed E-state index contributed by atoms with van der Waals surface area (Å²) in [5, 5.41) is 14.8. The van der Waals surface area contributed by atoms with Crippen LogP contribution in [0.25, 0.3) is 28.3 Å². The van der Waals surface area contributed by atoms with Crippen molar-refractivity contribution >= 4 is 11.6 Å². The highest BCUT2D eigenvalue weighted by Crippen LogP contribution is 2.39. The average Bonchev–Trinajstić information content (AvgIpc) is 3.41. The molecular formula is C28H17F2N7O3. The van der Waals surface area contributed by atoms with Crippen LogP contribution in [0.5, 0.6) is 11.5 Å². The molecule has 40 heavy (non-hydrogen) atoms. The number of nitrogens with one attached hydrogen (secondary N) is 2. The Kier molecular flexibility index (Phi) is 6.24. The predicted molar refractivity (Wildman–Crippen MR) is 140 cm³/mol. The number of fused-ring (bicyclic) bond motifs is 1. The van der Waals surface area contributed by atoms with E-state index in [1.807, 2.05) is 6.07 Å². The van der Waals surface area contributed by atoms with Gasteiger partial charge in [0.2, 0.25) is 0 Å². The lowest BCUT2D eigenvalue weighted by molar-refractivity contribution is 0.102. The van der Waals surface area contributed by atoms with Crippen LogP contribution in [-0.4, -0.2) is 35.9 Å². The van der Waals surface area contributed by atoms with Crippen molar-refractivity contribution in [3.63, 3.8) is 0 Å². The largest absolute Gasteiger partial charge is 0.453 e. The number of anilines is 1. The molecule has 2 aromatic carbocycles. The van der Waals surface area contributed by atoms with Crippen molar-refractivity contribution in [2.75, 3.05) is 5.32 Å². The van der Waals surface area contributed by atoms with Gasteiger partial charge < -0.3 is 15.0 Å². The third-order valence-electron chi connectivity index (χ3n) is 5.93. The van der Waals surface area contributed by atoms with E-state index in [9.17, 15) is 14.0 Å². The van der Waals surface area contributed by atoms with E-state index in [0.29, 0.717) is 28.4 Å². The number of nitrogens with zero attached hydrogens (tertiary/aromatic N) is 5. The quantitative estimate of drug-likeness (QED) is 0.311. The maximum absolute atomic E-state index is 15.1. The van der Waals surface area contributed by atoms with Crippen molar-refractivity contribution in [2.24, 2.45) is 0 Å². The van der Waals surface area contributed by atoms with Gasteiger partial charge in [-0.15, -0.1) is 10.2 Å². The van der Waals surface area contributed by atoms with Gasteiger partial charge in [0.15, 0.2) is 17.4 Å². The third-order valence-corrected chi connectivity index (χ3v) is 5.93. The van der Waals surface area contributed by atoms with Crippen molar-refractivity contribution < 1.29 is 18.3 Å². The Hall–Kier alpha value is -5.78. The summed E-state index contributed by atoms with van der Waals surface area (Å²) in [6, 6.07) is 15.4. The lowest BCUT2D eigenvalue weighted by Gasteiger charge is -2.12. The number of pyridine rings is 2. The SMILES string of the molecule is O=C(Nc1ccc(Oc2cc[nH]c3nnc(-c4cccnc4)c2-3)c(F)c1)c1ccnn(-c2ccc(F)cc2)c1=O. The van der Waals surface area contributed by atoms with E-state index in [1.54, 1.807) is 30.7 Å². The molecule has 0 unspecified atom stereocenters. The normalized spacial score (nSPS) is 10.9. The standard InChI is InChI=1S/C28H17F2N7O3/c29-17-3-6-19(7-4-17)37-28(39)20(9-13-33-37)27(38)34-18-5-8-22(21(30)14-18)40-23-10-12-32-26-24(23)25(35-36-26)16-2-1-11-31-15-16/h1-15H,(H,34,38)(H,32,35,36). The van der Waals surface area contributed by atoms with E-state index in [1.165, 1.54) is 48.7 Å². The molecule has 10 nitrogen and oxygen atoms in total. The highest BCUT2D eigenvalue weighted by atomic mass is 19.1. The summed E-state index contributed by atoms with van der Waals surface area (Å²) in [5.74, 6) is -1.35. The molecule has 12 heteroatoms. The summed E-state index contributed by atoms with van der Waals surface area (Å²) in [5.41, 5.74) is 1.19. The molecule has 0 fully saturated rings. The third kappa shape index (κ3) is 4.65. The summed E-state index contributed by atoms with van der Waals surface area (Å²) in [6.45, 7) is 0. The number of H-pyrrole nitrogens is 1. The number of carbonyl (C=O) groups is 1. The number of rotatable bonds is 6. The summed E-state index contributed by atoms with van der Waals surface area (Å²) >= 11 is 0. The molecule has 2 N–H and O–H groups in total. The van der Waals surface area contributed by atoms with Gasteiger partial charge in [0.1, 0.15) is 22.8 Å². The molecule has 2 aliphatic heterocycles. The number of hydrogen-bond acceptors (Lipinski definition) is 7. The van der Waals surface area contributed by atoms with Gasteiger partial charge in [-0.3, -0.25) is 14.6 Å². The minimum Gasteiger partial charge on any atom is -0.453 e. The molecule has 0 aliphatic carbocycles. The number of carbonyl (C=O) groups excluding carboxylic acids is 1. The summed E-state index contributed by atoms with van der Waals surface area (Å²) in [6.07, 6.45) is 6.13. The molecule has 1 amide bonds. The maximum atomic E-state index is 15.1. The van der Waals surface area contributed by atoms with E-state index in [-0.39, 0.29) is 22.7 Å². The molecule has 0 saturated carbocycles. The summed E-state index contributed by atoms with van der Waals surface area (Å²) < 4.78 is 35.2. The molecule has 0 spiro atoms. The smallest absolute Gasteiger partial charge is 0.284 e. The molecule has 6 rings (SSSR count). The number of aromatic nitrogens is 6. The first-order valence-electron chi connectivity index (χ1n) is 11.8. The van der Waals surface area contributed by atoms with E-state index >= 15 is 4.39 Å². The van der Waals surface area contributed by atoms with Gasteiger partial charge in [-0.25, -0.2) is 8.78 Å². The number of hydrogen-bond donors (Lipinski definition) is 2. The van der Waals surface area contributed by atoms with Gasteiger partial charge in [-0.1, -0.05) is 0 Å². The molecule has 0 bridgehead atoms. The molecule has 0 atom stereocenters. The fourth-order valence-electron chi connectivity index (χ4n) is 4.05. The first-order valence-corrected chi connectivity index (χ1v) is 11.8. The van der Waals surface area contributed by atoms with Gasteiger partial charge >= 0.3 is 0 Å². The second-order valence-corrected chi connectivity index (χ2v) is 8.50. The minimum absolute atomic E-state index is 0.0960. The molecule has 2 aliphatic rings. The van der Waals surface area contributed by atoms with Crippen LogP contribution < -0.4 is 15.6 Å². The Morgan fingerprint density at radius 2 is 1.80 bits per heavy atom. The van der Waals surface area contributed by atoms with Gasteiger partial charge in [0.25, 0.3) is 11.5 Å². The Balaban J connectivity index is 1.24. The zero-order valence-electron chi connectivity index (χ0n) is 20.4. The molecule has 4 aromatic rings. The maximum Gasteiger partial charge on any atom is 0.284 e. The minimum atomic E-state index is -0.772. The van der Waals surface area contributed by atoms with Gasteiger partial charge in [0.05, 0.1) is 11.3 Å². The van der Waals surface area contributed by atoms with Crippen molar-refractivity contribution in [1.82, 2.24) is 29.9 Å². The highest BCUT2D eigenvalue weighted by Gasteiger charge is 2.22. The lowest BCUT2D eigenvalue weighted by atomic mass is 10.1. The number of halogens is 2. The molecule has 2 aromatic heterocycles. The van der Waals surface area contributed by atoms with Crippen LogP contribution in [0.3, 0.4) is 0 Å². The number of aromatic amines is 1. The molecule has 0 saturated heterocycles. The van der Waals surface area contributed by atoms with Crippen LogP contribution in [-0.2, 0) is 0 Å². The fourth-order valence-corrected chi connectivity index (χ4v) is 4.05. The number of amides is 1. The van der Waals surface area contributed by atoms with Crippen LogP contribution in [0.4, 0.5) is 14.5 Å². The predicted octanol–water partition coefficient (Wildman–Crippen LogP) is 4.84. The zero-order valence-corrected chi connectivity index (χ0v) is 20.4. The first kappa shape index (κ1) is 24.6. The fraction of sp³-hybridized carbons (Fsp3) is 0. The van der Waals surface area contributed by atoms with E-state index in [0.717, 1.165) is 10.7 Å². The van der Waals surface area contributed by atoms with Gasteiger partial charge in [-0.2, -0.15) is 9.78 Å². The van der Waals surface area contributed by atoms with Crippen LogP contribution >= 0.6 is 0 Å². The Bertz CT molecular complexity index is 1870. The van der Waals surface area contributed by atoms with Crippen LogP contribution in [0, 0.1) is 11.6 Å². The van der Waals surface area contributed by atoms with Crippen LogP contribution in [0.2, 0.25) is 0 Å². The monoisotopic (exact) mass is 537 g/mol. The second-order valence-electron chi connectivity index (χ2n) is 8.50. The van der Waals surface area contributed by atoms with Gasteiger partial charge in [0, 0.05) is 42.1 Å². The van der Waals surface area contributed by atoms with Crippen molar-refractivity contribution in [1.29, 1.82) is 0 Å². The number of ether oxygens (including phenoxy) is 1. The molecule has 196 valence electrons. The van der Waals surface area contributed by atoms with Crippen LogP contribution in [0.15, 0.2) is 96.3 Å². The zero-order chi connectivity index (χ0) is 27.6. The van der Waals surface area contributed by atoms with Crippen molar-refractivity contribution in [3.8, 4) is 39.8 Å². The Morgan fingerprint density at radius 1 is 0.950 bits per heavy atom. The van der Waals surface area contributed by atoms with Crippen molar-refractivity contribution in [2.45, 2.75) is 0 Å². The Morgan fingerprint density at radius 3 is 2.58 bits per heavy atom. The Labute approximate surface area is 224 Å². The second kappa shape index (κ2) is 10.2. The van der Waals surface area contributed by atoms with E-state index < -0.39 is 23.1 Å². The molecule has 4 heterocycles. The van der Waals surface area contributed by atoms with Gasteiger partial charge in [-0.05, 0) is 60.7 Å². The summed E-state index contributed by atoms with van der Waals surface area (Å²) in [7, 11) is 0. The van der Waals surface area contributed by atoms with E-state index in [4.69, 9.17) is 4.74 Å². The van der Waals surface area contributed by atoms with Crippen LogP contribution in [0.1, 0.15) is 10.4 Å². The van der Waals surface area contributed by atoms with Crippen molar-refractivity contribution in [3.05, 3.63) is 119 Å². The topological polar surface area (TPSA) is 128 Å².